The normalized spacial score (nSPS) is 11.4. The van der Waals surface area contributed by atoms with Crippen LogP contribution in [0.3, 0.4) is 0 Å². The molecule has 8 heteroatoms. The van der Waals surface area contributed by atoms with Gasteiger partial charge in [-0.15, -0.1) is 0 Å². The van der Waals surface area contributed by atoms with E-state index in [1.165, 1.54) is 20.3 Å². The van der Waals surface area contributed by atoms with Gasteiger partial charge in [0.1, 0.15) is 27.7 Å². The van der Waals surface area contributed by atoms with Gasteiger partial charge >= 0.3 is 0 Å². The first-order valence-corrected chi connectivity index (χ1v) is 10.2. The first-order valence-electron chi connectivity index (χ1n) is 8.73. The Labute approximate surface area is 164 Å². The van der Waals surface area contributed by atoms with Crippen molar-refractivity contribution in [3.8, 4) is 17.2 Å². The molecule has 0 amide bonds. The number of pyridine rings is 1. The van der Waals surface area contributed by atoms with E-state index in [2.05, 4.69) is 9.71 Å². The molecule has 0 radical (unpaired) electrons. The highest BCUT2D eigenvalue weighted by molar-refractivity contribution is 7.89. The lowest BCUT2D eigenvalue weighted by atomic mass is 10.2. The third-order valence-corrected chi connectivity index (χ3v) is 5.61. The second-order valence-corrected chi connectivity index (χ2v) is 7.68. The van der Waals surface area contributed by atoms with Crippen LogP contribution in [0.2, 0.25) is 0 Å². The number of nitrogens with one attached hydrogen (secondary N) is 1. The molecule has 0 unspecified atom stereocenters. The van der Waals surface area contributed by atoms with Crippen LogP contribution in [0.15, 0.2) is 59.6 Å². The molecule has 0 aliphatic carbocycles. The second-order valence-electron chi connectivity index (χ2n) is 5.95. The maximum atomic E-state index is 12.6. The van der Waals surface area contributed by atoms with Gasteiger partial charge in [0.25, 0.3) is 0 Å². The van der Waals surface area contributed by atoms with E-state index in [0.717, 1.165) is 10.9 Å². The van der Waals surface area contributed by atoms with Crippen molar-refractivity contribution in [1.82, 2.24) is 9.71 Å². The quantitative estimate of drug-likeness (QED) is 0.554. The third-order valence-electron chi connectivity index (χ3n) is 4.13. The van der Waals surface area contributed by atoms with Crippen LogP contribution < -0.4 is 18.9 Å². The van der Waals surface area contributed by atoms with Gasteiger partial charge in [-0.05, 0) is 30.7 Å². The highest BCUT2D eigenvalue weighted by atomic mass is 32.2. The molecule has 3 rings (SSSR count). The molecule has 0 aliphatic heterocycles. The number of nitrogens with zero attached hydrogens (tertiary/aromatic N) is 1. The Morgan fingerprint density at radius 2 is 1.82 bits per heavy atom. The Hall–Kier alpha value is -2.84. The van der Waals surface area contributed by atoms with Gasteiger partial charge in [0.05, 0.1) is 20.8 Å². The average molecular weight is 402 g/mol. The molecule has 28 heavy (non-hydrogen) atoms. The Kier molecular flexibility index (Phi) is 6.33. The van der Waals surface area contributed by atoms with Crippen molar-refractivity contribution in [2.75, 3.05) is 27.4 Å². The van der Waals surface area contributed by atoms with Crippen LogP contribution in [0, 0.1) is 0 Å². The summed E-state index contributed by atoms with van der Waals surface area (Å²) in [5.41, 5.74) is 0.784. The van der Waals surface area contributed by atoms with E-state index in [1.807, 2.05) is 30.3 Å². The molecule has 1 heterocycles. The van der Waals surface area contributed by atoms with Crippen molar-refractivity contribution in [3.63, 3.8) is 0 Å². The maximum absolute atomic E-state index is 12.6. The lowest BCUT2D eigenvalue weighted by Gasteiger charge is -2.12. The van der Waals surface area contributed by atoms with E-state index in [1.54, 1.807) is 18.3 Å². The number of hydrogen-bond acceptors (Lipinski definition) is 6. The molecule has 0 atom stereocenters. The highest BCUT2D eigenvalue weighted by Gasteiger charge is 2.20. The average Bonchev–Trinajstić information content (AvgIpc) is 2.73. The Balaban J connectivity index is 1.59. The lowest BCUT2D eigenvalue weighted by molar-refractivity contribution is 0.314. The van der Waals surface area contributed by atoms with E-state index >= 15 is 0 Å². The second kappa shape index (κ2) is 8.90. The van der Waals surface area contributed by atoms with Crippen molar-refractivity contribution >= 4 is 20.9 Å². The van der Waals surface area contributed by atoms with Gasteiger partial charge in [-0.1, -0.05) is 18.2 Å². The fraction of sp³-hybridized carbons (Fsp3) is 0.250. The fourth-order valence-corrected chi connectivity index (χ4v) is 3.98. The van der Waals surface area contributed by atoms with Gasteiger partial charge < -0.3 is 14.2 Å². The first-order chi connectivity index (χ1) is 13.5. The number of para-hydroxylation sites is 1. The summed E-state index contributed by atoms with van der Waals surface area (Å²) in [7, 11) is -0.837. The van der Waals surface area contributed by atoms with Gasteiger partial charge in [-0.3, -0.25) is 4.98 Å². The Morgan fingerprint density at radius 3 is 2.61 bits per heavy atom. The number of rotatable bonds is 9. The topological polar surface area (TPSA) is 86.8 Å². The highest BCUT2D eigenvalue weighted by Crippen LogP contribution is 2.28. The van der Waals surface area contributed by atoms with Gasteiger partial charge in [-0.25, -0.2) is 13.1 Å². The van der Waals surface area contributed by atoms with Crippen LogP contribution in [0.5, 0.6) is 17.2 Å². The van der Waals surface area contributed by atoms with Crippen LogP contribution in [0.25, 0.3) is 10.9 Å². The van der Waals surface area contributed by atoms with Gasteiger partial charge in [0.2, 0.25) is 10.0 Å². The predicted octanol–water partition coefficient (Wildman–Crippen LogP) is 3.00. The van der Waals surface area contributed by atoms with E-state index in [4.69, 9.17) is 14.2 Å². The minimum atomic E-state index is -3.74. The molecule has 3 aromatic rings. The molecular formula is C20H22N2O5S. The molecule has 1 aromatic heterocycles. The lowest BCUT2D eigenvalue weighted by Crippen LogP contribution is -2.26. The minimum absolute atomic E-state index is 0.0357. The molecule has 148 valence electrons. The van der Waals surface area contributed by atoms with Crippen LogP contribution >= 0.6 is 0 Å². The number of aromatic nitrogens is 1. The summed E-state index contributed by atoms with van der Waals surface area (Å²) >= 11 is 0. The van der Waals surface area contributed by atoms with E-state index < -0.39 is 10.0 Å². The number of sulfonamides is 1. The van der Waals surface area contributed by atoms with E-state index in [9.17, 15) is 8.42 Å². The monoisotopic (exact) mass is 402 g/mol. The molecule has 0 fully saturated rings. The van der Waals surface area contributed by atoms with Gasteiger partial charge in [-0.2, -0.15) is 0 Å². The van der Waals surface area contributed by atoms with Crippen LogP contribution in [-0.4, -0.2) is 40.8 Å². The maximum Gasteiger partial charge on any atom is 0.244 e. The molecule has 2 aromatic carbocycles. The predicted molar refractivity (Wildman–Crippen MR) is 107 cm³/mol. The zero-order valence-corrected chi connectivity index (χ0v) is 16.5. The summed E-state index contributed by atoms with van der Waals surface area (Å²) < 4.78 is 43.8. The van der Waals surface area contributed by atoms with Crippen LogP contribution in [0.1, 0.15) is 6.42 Å². The molecule has 1 N–H and O–H groups in total. The number of fused-ring (bicyclic) bond motifs is 1. The van der Waals surface area contributed by atoms with E-state index in [0.29, 0.717) is 24.5 Å². The van der Waals surface area contributed by atoms with Crippen molar-refractivity contribution < 1.29 is 22.6 Å². The first kappa shape index (κ1) is 19.9. The standard InChI is InChI=1S/C20H22N2O5S/c1-25-16-9-10-17(26-2)19(14-16)28(23,24)22-12-5-13-27-18-8-3-6-15-7-4-11-21-20(15)18/h3-4,6-11,14,22H,5,12-13H2,1-2H3. The van der Waals surface area contributed by atoms with Crippen LogP contribution in [0.4, 0.5) is 0 Å². The van der Waals surface area contributed by atoms with Crippen LogP contribution in [-0.2, 0) is 10.0 Å². The summed E-state index contributed by atoms with van der Waals surface area (Å²) in [6.07, 6.45) is 2.21. The van der Waals surface area contributed by atoms with Gasteiger partial charge in [0, 0.05) is 24.2 Å². The molecular weight excluding hydrogens is 380 g/mol. The summed E-state index contributed by atoms with van der Waals surface area (Å²) in [5.74, 6) is 1.37. The molecule has 0 bridgehead atoms. The Morgan fingerprint density at radius 1 is 1.00 bits per heavy atom. The van der Waals surface area contributed by atoms with E-state index in [-0.39, 0.29) is 17.2 Å². The Bertz CT molecular complexity index is 1050. The minimum Gasteiger partial charge on any atom is -0.497 e. The molecule has 0 spiro atoms. The van der Waals surface area contributed by atoms with Crippen molar-refractivity contribution in [2.45, 2.75) is 11.3 Å². The van der Waals surface area contributed by atoms with Crippen molar-refractivity contribution in [2.24, 2.45) is 0 Å². The number of hydrogen-bond donors (Lipinski definition) is 1. The summed E-state index contributed by atoms with van der Waals surface area (Å²) in [6.45, 7) is 0.578. The molecule has 0 aliphatic rings. The summed E-state index contributed by atoms with van der Waals surface area (Å²) in [5, 5.41) is 0.992. The van der Waals surface area contributed by atoms with Crippen molar-refractivity contribution in [1.29, 1.82) is 0 Å². The number of methoxy groups -OCH3 is 2. The largest absolute Gasteiger partial charge is 0.497 e. The van der Waals surface area contributed by atoms with Gasteiger partial charge in [0.15, 0.2) is 0 Å². The molecule has 7 nitrogen and oxygen atoms in total. The zero-order chi connectivity index (χ0) is 20.0. The smallest absolute Gasteiger partial charge is 0.244 e. The molecule has 0 saturated carbocycles. The number of benzene rings is 2. The summed E-state index contributed by atoms with van der Waals surface area (Å²) in [4.78, 5) is 4.37. The number of ether oxygens (including phenoxy) is 3. The van der Waals surface area contributed by atoms with Crippen molar-refractivity contribution in [3.05, 3.63) is 54.7 Å². The molecule has 0 saturated heterocycles. The zero-order valence-electron chi connectivity index (χ0n) is 15.7. The SMILES string of the molecule is COc1ccc(OC)c(S(=O)(=O)NCCCOc2cccc3cccnc23)c1. The summed E-state index contributed by atoms with van der Waals surface area (Å²) in [6, 6.07) is 14.2. The fourth-order valence-electron chi connectivity index (χ4n) is 2.73. The third kappa shape index (κ3) is 4.52.